The molecule has 1 aliphatic rings. The molecule has 3 aromatic rings. The summed E-state index contributed by atoms with van der Waals surface area (Å²) in [5, 5.41) is 17.2. The Bertz CT molecular complexity index is 1010. The second-order valence-corrected chi connectivity index (χ2v) is 6.48. The molecule has 6 nitrogen and oxygen atoms in total. The maximum absolute atomic E-state index is 12.6. The molecule has 1 atom stereocenters. The number of hydrogen-bond donors (Lipinski definition) is 0. The second kappa shape index (κ2) is 5.07. The standard InChI is InChI=1S/C19H20N4O2/c1-20-15-11-7-5-9-13(15)17(22(20)3)19(18(24)25)14-10-6-8-12-16(14)21(2)23(19)4/h5-12H,1-4H3. The number of hydrazine groups is 1. The summed E-state index contributed by atoms with van der Waals surface area (Å²) in [4.78, 5) is 12.6. The number of aliphatic carboxylic acids is 1. The first-order valence-electron chi connectivity index (χ1n) is 8.15. The molecule has 0 spiro atoms. The van der Waals surface area contributed by atoms with E-state index in [0.29, 0.717) is 11.3 Å². The first kappa shape index (κ1) is 15.7. The largest absolute Gasteiger partial charge is 0.547 e. The number of rotatable bonds is 2. The molecule has 0 N–H and O–H groups in total. The van der Waals surface area contributed by atoms with Crippen LogP contribution < -0.4 is 14.8 Å². The van der Waals surface area contributed by atoms with E-state index in [4.69, 9.17) is 0 Å². The fourth-order valence-electron chi connectivity index (χ4n) is 4.11. The van der Waals surface area contributed by atoms with E-state index in [-0.39, 0.29) is 0 Å². The van der Waals surface area contributed by atoms with Crippen molar-refractivity contribution in [1.82, 2.24) is 9.69 Å². The fraction of sp³-hybridized carbons (Fsp3) is 0.263. The first-order chi connectivity index (χ1) is 11.9. The van der Waals surface area contributed by atoms with Crippen molar-refractivity contribution in [2.45, 2.75) is 5.54 Å². The van der Waals surface area contributed by atoms with Crippen molar-refractivity contribution in [3.05, 3.63) is 59.8 Å². The molecule has 0 aliphatic carbocycles. The van der Waals surface area contributed by atoms with Crippen molar-refractivity contribution in [2.75, 3.05) is 19.1 Å². The lowest BCUT2D eigenvalue weighted by molar-refractivity contribution is -0.729. The highest BCUT2D eigenvalue weighted by Gasteiger charge is 2.53. The Labute approximate surface area is 146 Å². The number of anilines is 1. The highest BCUT2D eigenvalue weighted by molar-refractivity contribution is 5.94. The number of aromatic nitrogens is 2. The van der Waals surface area contributed by atoms with Crippen molar-refractivity contribution in [2.24, 2.45) is 14.1 Å². The van der Waals surface area contributed by atoms with E-state index in [0.717, 1.165) is 16.6 Å². The van der Waals surface area contributed by atoms with Crippen LogP contribution in [0.5, 0.6) is 0 Å². The van der Waals surface area contributed by atoms with Crippen molar-refractivity contribution in [1.29, 1.82) is 0 Å². The number of carboxylic acids is 1. The topological polar surface area (TPSA) is 55.4 Å². The maximum atomic E-state index is 12.6. The minimum absolute atomic E-state index is 0.685. The first-order valence-corrected chi connectivity index (χ1v) is 8.15. The lowest BCUT2D eigenvalue weighted by Gasteiger charge is -2.39. The molecule has 4 rings (SSSR count). The number of nitrogens with zero attached hydrogens (tertiary/aromatic N) is 4. The van der Waals surface area contributed by atoms with Crippen LogP contribution in [0.3, 0.4) is 0 Å². The molecule has 1 aliphatic heterocycles. The third-order valence-electron chi connectivity index (χ3n) is 5.50. The summed E-state index contributed by atoms with van der Waals surface area (Å²) in [6, 6.07) is 15.4. The Morgan fingerprint density at radius 2 is 1.68 bits per heavy atom. The van der Waals surface area contributed by atoms with Gasteiger partial charge in [-0.3, -0.25) is 0 Å². The molecule has 0 radical (unpaired) electrons. The number of fused-ring (bicyclic) bond motifs is 2. The van der Waals surface area contributed by atoms with Gasteiger partial charge in [0.2, 0.25) is 5.52 Å². The van der Waals surface area contributed by atoms with Crippen LogP contribution in [0.25, 0.3) is 10.9 Å². The highest BCUT2D eigenvalue weighted by Crippen LogP contribution is 2.48. The predicted molar refractivity (Wildman–Crippen MR) is 92.5 cm³/mol. The van der Waals surface area contributed by atoms with Gasteiger partial charge in [-0.2, -0.15) is 4.68 Å². The van der Waals surface area contributed by atoms with Crippen LogP contribution in [-0.4, -0.2) is 29.8 Å². The molecule has 0 bridgehead atoms. The summed E-state index contributed by atoms with van der Waals surface area (Å²) in [7, 11) is 7.47. The molecule has 1 aromatic heterocycles. The van der Waals surface area contributed by atoms with Crippen LogP contribution in [0.15, 0.2) is 48.5 Å². The van der Waals surface area contributed by atoms with Gasteiger partial charge in [-0.25, -0.2) is 5.01 Å². The summed E-state index contributed by atoms with van der Waals surface area (Å²) >= 11 is 0. The van der Waals surface area contributed by atoms with Crippen LogP contribution in [0.1, 0.15) is 11.3 Å². The molecule has 0 fully saturated rings. The third-order valence-corrected chi connectivity index (χ3v) is 5.50. The minimum Gasteiger partial charge on any atom is -0.547 e. The van der Waals surface area contributed by atoms with E-state index in [2.05, 4.69) is 0 Å². The number of carboxylic acid groups (broad SMARTS) is 1. The maximum Gasteiger partial charge on any atom is 0.238 e. The molecule has 0 saturated heterocycles. The van der Waals surface area contributed by atoms with Crippen LogP contribution in [0, 0.1) is 0 Å². The number of benzene rings is 2. The quantitative estimate of drug-likeness (QED) is 0.632. The lowest BCUT2D eigenvalue weighted by atomic mass is 9.84. The van der Waals surface area contributed by atoms with E-state index in [9.17, 15) is 9.90 Å². The van der Waals surface area contributed by atoms with Crippen molar-refractivity contribution >= 4 is 22.6 Å². The van der Waals surface area contributed by atoms with Crippen LogP contribution in [0.4, 0.5) is 5.69 Å². The molecular formula is C19H20N4O2. The SMILES string of the molecule is CN1c2ccccc2C(C(=O)[O-])(c2c3ccccc3[n+](C)n2C)N1C. The lowest BCUT2D eigenvalue weighted by Crippen LogP contribution is -2.59. The average Bonchev–Trinajstić information content (AvgIpc) is 3.00. The van der Waals surface area contributed by atoms with Gasteiger partial charge >= 0.3 is 0 Å². The fourth-order valence-corrected chi connectivity index (χ4v) is 4.11. The highest BCUT2D eigenvalue weighted by atomic mass is 16.4. The summed E-state index contributed by atoms with van der Waals surface area (Å²) in [6.07, 6.45) is 0. The van der Waals surface area contributed by atoms with Gasteiger partial charge in [-0.15, -0.1) is 4.68 Å². The normalized spacial score (nSPS) is 20.2. The van der Waals surface area contributed by atoms with E-state index in [1.807, 2.05) is 84.0 Å². The van der Waals surface area contributed by atoms with Crippen molar-refractivity contribution in [3.63, 3.8) is 0 Å². The van der Waals surface area contributed by atoms with Crippen molar-refractivity contribution in [3.8, 4) is 0 Å². The number of hydrogen-bond acceptors (Lipinski definition) is 4. The zero-order chi connectivity index (χ0) is 17.9. The molecule has 128 valence electrons. The monoisotopic (exact) mass is 336 g/mol. The second-order valence-electron chi connectivity index (χ2n) is 6.48. The number of likely N-dealkylation sites (N-methyl/N-ethyl adjacent to an activating group) is 1. The Morgan fingerprint density at radius 1 is 1.04 bits per heavy atom. The summed E-state index contributed by atoms with van der Waals surface area (Å²) in [5.74, 6) is -1.14. The van der Waals surface area contributed by atoms with Gasteiger partial charge in [0.15, 0.2) is 12.6 Å². The van der Waals surface area contributed by atoms with Gasteiger partial charge in [0.25, 0.3) is 0 Å². The van der Waals surface area contributed by atoms with Crippen LogP contribution >= 0.6 is 0 Å². The Morgan fingerprint density at radius 3 is 2.40 bits per heavy atom. The van der Waals surface area contributed by atoms with Gasteiger partial charge < -0.3 is 14.9 Å². The van der Waals surface area contributed by atoms with Gasteiger partial charge in [0.1, 0.15) is 5.69 Å². The predicted octanol–water partition coefficient (Wildman–Crippen LogP) is 0.293. The van der Waals surface area contributed by atoms with Gasteiger partial charge in [0.05, 0.1) is 24.1 Å². The van der Waals surface area contributed by atoms with Gasteiger partial charge in [-0.05, 0) is 12.1 Å². The third kappa shape index (κ3) is 1.72. The Kier molecular flexibility index (Phi) is 3.17. The zero-order valence-corrected chi connectivity index (χ0v) is 14.7. The summed E-state index contributed by atoms with van der Waals surface area (Å²) < 4.78 is 3.86. The molecular weight excluding hydrogens is 316 g/mol. The number of carbonyl (C=O) groups is 1. The number of para-hydroxylation sites is 2. The van der Waals surface area contributed by atoms with E-state index >= 15 is 0 Å². The molecule has 6 heteroatoms. The van der Waals surface area contributed by atoms with E-state index in [1.165, 1.54) is 0 Å². The van der Waals surface area contributed by atoms with E-state index in [1.54, 1.807) is 12.1 Å². The summed E-state index contributed by atoms with van der Waals surface area (Å²) in [5.41, 5.74) is 1.83. The number of carbonyl (C=O) groups excluding carboxylic acids is 1. The zero-order valence-electron chi connectivity index (χ0n) is 14.7. The summed E-state index contributed by atoms with van der Waals surface area (Å²) in [6.45, 7) is 0. The van der Waals surface area contributed by atoms with Crippen molar-refractivity contribution < 1.29 is 14.6 Å². The smallest absolute Gasteiger partial charge is 0.238 e. The Hall–Kier alpha value is -2.86. The molecule has 2 aromatic carbocycles. The van der Waals surface area contributed by atoms with Crippen LogP contribution in [0.2, 0.25) is 0 Å². The van der Waals surface area contributed by atoms with Gasteiger partial charge in [-0.1, -0.05) is 30.3 Å². The van der Waals surface area contributed by atoms with Crippen LogP contribution in [-0.2, 0) is 24.4 Å². The van der Waals surface area contributed by atoms with Gasteiger partial charge in [0, 0.05) is 25.7 Å². The molecule has 2 heterocycles. The molecule has 0 saturated carbocycles. The average molecular weight is 336 g/mol. The van der Waals surface area contributed by atoms with E-state index < -0.39 is 11.5 Å². The minimum atomic E-state index is -1.40. The molecule has 0 amide bonds. The molecule has 25 heavy (non-hydrogen) atoms. The number of aryl methyl sites for hydroxylation is 1. The molecule has 1 unspecified atom stereocenters. The Balaban J connectivity index is 2.19.